The smallest absolute Gasteiger partial charge is 0.337 e. The molecule has 0 saturated heterocycles. The monoisotopic (exact) mass is 320 g/mol. The third-order valence-corrected chi connectivity index (χ3v) is 3.22. The molecule has 4 nitrogen and oxygen atoms in total. The first kappa shape index (κ1) is 13.4. The quantitative estimate of drug-likeness (QED) is 0.755. The van der Waals surface area contributed by atoms with Gasteiger partial charge in [0.25, 0.3) is 0 Å². The van der Waals surface area contributed by atoms with Crippen molar-refractivity contribution in [2.45, 2.75) is 6.54 Å². The number of benzene rings is 2. The van der Waals surface area contributed by atoms with Crippen molar-refractivity contribution in [3.05, 3.63) is 58.1 Å². The fraction of sp³-hybridized carbons (Fsp3) is 0.0714. The number of carboxylic acids is 1. The largest absolute Gasteiger partial charge is 0.478 e. The number of hydrogen-bond acceptors (Lipinski definition) is 3. The van der Waals surface area contributed by atoms with E-state index in [1.165, 1.54) is 6.07 Å². The third kappa shape index (κ3) is 3.48. The molecule has 0 saturated carbocycles. The van der Waals surface area contributed by atoms with Gasteiger partial charge >= 0.3 is 5.97 Å². The van der Waals surface area contributed by atoms with Crippen LogP contribution in [0.15, 0.2) is 46.9 Å². The number of halogens is 1. The summed E-state index contributed by atoms with van der Waals surface area (Å²) in [6, 6.07) is 12.8. The number of rotatable bonds is 4. The van der Waals surface area contributed by atoms with E-state index in [4.69, 9.17) is 10.8 Å². The minimum atomic E-state index is -1.02. The molecule has 0 bridgehead atoms. The van der Waals surface area contributed by atoms with Gasteiger partial charge in [-0.2, -0.15) is 0 Å². The lowest BCUT2D eigenvalue weighted by Crippen LogP contribution is -2.05. The molecule has 0 fully saturated rings. The van der Waals surface area contributed by atoms with Crippen LogP contribution in [-0.2, 0) is 6.54 Å². The Morgan fingerprint density at radius 2 is 1.89 bits per heavy atom. The maximum Gasteiger partial charge on any atom is 0.337 e. The van der Waals surface area contributed by atoms with Gasteiger partial charge in [0.1, 0.15) is 0 Å². The van der Waals surface area contributed by atoms with Gasteiger partial charge < -0.3 is 16.2 Å². The van der Waals surface area contributed by atoms with E-state index in [0.29, 0.717) is 6.54 Å². The fourth-order valence-corrected chi connectivity index (χ4v) is 1.92. The Bertz CT molecular complexity index is 597. The van der Waals surface area contributed by atoms with E-state index in [1.807, 2.05) is 24.3 Å². The Morgan fingerprint density at radius 3 is 2.53 bits per heavy atom. The number of nitrogens with two attached hydrogens (primary N) is 1. The van der Waals surface area contributed by atoms with Crippen molar-refractivity contribution < 1.29 is 9.90 Å². The van der Waals surface area contributed by atoms with Gasteiger partial charge in [0.2, 0.25) is 0 Å². The molecule has 2 rings (SSSR count). The highest BCUT2D eigenvalue weighted by molar-refractivity contribution is 9.10. The molecule has 0 amide bonds. The van der Waals surface area contributed by atoms with Crippen LogP contribution in [0.3, 0.4) is 0 Å². The SMILES string of the molecule is Nc1ccc(NCc2ccc(Br)cc2)cc1C(=O)O. The van der Waals surface area contributed by atoms with Crippen LogP contribution in [0.25, 0.3) is 0 Å². The molecule has 0 spiro atoms. The molecular weight excluding hydrogens is 308 g/mol. The van der Waals surface area contributed by atoms with Gasteiger partial charge in [0.15, 0.2) is 0 Å². The maximum atomic E-state index is 11.0. The van der Waals surface area contributed by atoms with E-state index in [1.54, 1.807) is 12.1 Å². The summed E-state index contributed by atoms with van der Waals surface area (Å²) in [5.74, 6) is -1.02. The Hall–Kier alpha value is -2.01. The van der Waals surface area contributed by atoms with Crippen LogP contribution in [-0.4, -0.2) is 11.1 Å². The predicted octanol–water partition coefficient (Wildman–Crippen LogP) is 3.34. The molecule has 0 aliphatic rings. The number of carboxylic acid groups (broad SMARTS) is 1. The first-order valence-corrected chi connectivity index (χ1v) is 6.46. The molecule has 0 unspecified atom stereocenters. The van der Waals surface area contributed by atoms with Gasteiger partial charge in [-0.15, -0.1) is 0 Å². The van der Waals surface area contributed by atoms with Crippen molar-refractivity contribution >= 4 is 33.3 Å². The molecule has 4 N–H and O–H groups in total. The molecule has 19 heavy (non-hydrogen) atoms. The predicted molar refractivity (Wildman–Crippen MR) is 79.3 cm³/mol. The van der Waals surface area contributed by atoms with Crippen LogP contribution < -0.4 is 11.1 Å². The molecule has 0 aliphatic heterocycles. The van der Waals surface area contributed by atoms with Crippen molar-refractivity contribution in [2.75, 3.05) is 11.1 Å². The Morgan fingerprint density at radius 1 is 1.21 bits per heavy atom. The lowest BCUT2D eigenvalue weighted by atomic mass is 10.1. The Balaban J connectivity index is 2.09. The highest BCUT2D eigenvalue weighted by atomic mass is 79.9. The number of nitrogen functional groups attached to an aromatic ring is 1. The number of anilines is 2. The zero-order valence-corrected chi connectivity index (χ0v) is 11.6. The molecule has 5 heteroatoms. The van der Waals surface area contributed by atoms with Gasteiger partial charge in [-0.25, -0.2) is 4.79 Å². The lowest BCUT2D eigenvalue weighted by molar-refractivity contribution is 0.0698. The first-order chi connectivity index (χ1) is 9.06. The van der Waals surface area contributed by atoms with Crippen LogP contribution >= 0.6 is 15.9 Å². The minimum Gasteiger partial charge on any atom is -0.478 e. The summed E-state index contributed by atoms with van der Waals surface area (Å²) in [7, 11) is 0. The van der Waals surface area contributed by atoms with Crippen LogP contribution in [0.1, 0.15) is 15.9 Å². The molecule has 2 aromatic carbocycles. The van der Waals surface area contributed by atoms with Crippen molar-refractivity contribution in [2.24, 2.45) is 0 Å². The lowest BCUT2D eigenvalue weighted by Gasteiger charge is -2.09. The average molecular weight is 321 g/mol. The van der Waals surface area contributed by atoms with E-state index in [-0.39, 0.29) is 11.3 Å². The van der Waals surface area contributed by atoms with Crippen molar-refractivity contribution in [1.82, 2.24) is 0 Å². The number of carbonyl (C=O) groups is 1. The Labute approximate surface area is 119 Å². The average Bonchev–Trinajstić information content (AvgIpc) is 2.39. The summed E-state index contributed by atoms with van der Waals surface area (Å²) >= 11 is 3.38. The highest BCUT2D eigenvalue weighted by Crippen LogP contribution is 2.19. The number of aromatic carboxylic acids is 1. The summed E-state index contributed by atoms with van der Waals surface area (Å²) < 4.78 is 1.02. The molecule has 0 radical (unpaired) electrons. The van der Waals surface area contributed by atoms with E-state index in [9.17, 15) is 4.79 Å². The summed E-state index contributed by atoms with van der Waals surface area (Å²) in [6.07, 6.45) is 0. The van der Waals surface area contributed by atoms with Crippen molar-refractivity contribution in [3.8, 4) is 0 Å². The summed E-state index contributed by atoms with van der Waals surface area (Å²) in [6.45, 7) is 0.621. The summed E-state index contributed by atoms with van der Waals surface area (Å²) in [4.78, 5) is 11.0. The minimum absolute atomic E-state index is 0.112. The Kier molecular flexibility index (Phi) is 4.06. The normalized spacial score (nSPS) is 10.2. The van der Waals surface area contributed by atoms with E-state index >= 15 is 0 Å². The molecule has 0 aliphatic carbocycles. The standard InChI is InChI=1S/C14H13BrN2O2/c15-10-3-1-9(2-4-10)8-17-11-5-6-13(16)12(7-11)14(18)19/h1-7,17H,8,16H2,(H,18,19). The zero-order chi connectivity index (χ0) is 13.8. The molecule has 0 aromatic heterocycles. The second-order valence-corrected chi connectivity index (χ2v) is 5.00. The first-order valence-electron chi connectivity index (χ1n) is 5.67. The van der Waals surface area contributed by atoms with Crippen LogP contribution in [0.4, 0.5) is 11.4 Å². The van der Waals surface area contributed by atoms with Crippen LogP contribution in [0.5, 0.6) is 0 Å². The third-order valence-electron chi connectivity index (χ3n) is 2.69. The molecular formula is C14H13BrN2O2. The van der Waals surface area contributed by atoms with E-state index < -0.39 is 5.97 Å². The second kappa shape index (κ2) is 5.75. The maximum absolute atomic E-state index is 11.0. The fourth-order valence-electron chi connectivity index (χ4n) is 1.66. The van der Waals surface area contributed by atoms with Gasteiger partial charge in [-0.1, -0.05) is 28.1 Å². The second-order valence-electron chi connectivity index (χ2n) is 4.09. The van der Waals surface area contributed by atoms with Gasteiger partial charge in [-0.05, 0) is 35.9 Å². The van der Waals surface area contributed by atoms with Gasteiger partial charge in [-0.3, -0.25) is 0 Å². The number of hydrogen-bond donors (Lipinski definition) is 3. The topological polar surface area (TPSA) is 75.3 Å². The molecule has 98 valence electrons. The molecule has 2 aromatic rings. The summed E-state index contributed by atoms with van der Waals surface area (Å²) in [5, 5.41) is 12.2. The zero-order valence-electron chi connectivity index (χ0n) is 10.1. The number of nitrogens with one attached hydrogen (secondary N) is 1. The molecule has 0 atom stereocenters. The van der Waals surface area contributed by atoms with Crippen molar-refractivity contribution in [1.29, 1.82) is 0 Å². The van der Waals surface area contributed by atoms with Crippen molar-refractivity contribution in [3.63, 3.8) is 0 Å². The van der Waals surface area contributed by atoms with Gasteiger partial charge in [0.05, 0.1) is 5.56 Å². The van der Waals surface area contributed by atoms with E-state index in [2.05, 4.69) is 21.2 Å². The highest BCUT2D eigenvalue weighted by Gasteiger charge is 2.08. The summed E-state index contributed by atoms with van der Waals surface area (Å²) in [5.41, 5.74) is 7.82. The molecule has 0 heterocycles. The van der Waals surface area contributed by atoms with Crippen LogP contribution in [0.2, 0.25) is 0 Å². The van der Waals surface area contributed by atoms with E-state index in [0.717, 1.165) is 15.7 Å². The van der Waals surface area contributed by atoms with Crippen LogP contribution in [0, 0.1) is 0 Å². The van der Waals surface area contributed by atoms with Gasteiger partial charge in [0, 0.05) is 22.4 Å².